The highest BCUT2D eigenvalue weighted by atomic mass is 35.5. The predicted molar refractivity (Wildman–Crippen MR) is 76.7 cm³/mol. The van der Waals surface area contributed by atoms with Crippen LogP contribution in [0.5, 0.6) is 0 Å². The molecule has 0 unspecified atom stereocenters. The number of aromatic nitrogens is 6. The largest absolute Gasteiger partial charge is 0.312 e. The second kappa shape index (κ2) is 5.76. The van der Waals surface area contributed by atoms with Crippen LogP contribution in [0.25, 0.3) is 11.2 Å². The molecule has 0 atom stereocenters. The lowest BCUT2D eigenvalue weighted by atomic mass is 10.4. The van der Waals surface area contributed by atoms with Crippen molar-refractivity contribution >= 4 is 34.4 Å². The zero-order valence-corrected chi connectivity index (χ0v) is 12.1. The van der Waals surface area contributed by atoms with E-state index in [2.05, 4.69) is 20.3 Å². The molecule has 0 bridgehead atoms. The van der Waals surface area contributed by atoms with Crippen LogP contribution < -0.4 is 0 Å². The Morgan fingerprint density at radius 1 is 1.25 bits per heavy atom. The fourth-order valence-electron chi connectivity index (χ4n) is 2.11. The number of hydrogen-bond donors (Lipinski definition) is 0. The fourth-order valence-corrected chi connectivity index (χ4v) is 2.47. The maximum absolute atomic E-state index is 5.95. The molecule has 0 N–H and O–H groups in total. The molecule has 0 fully saturated rings. The average Bonchev–Trinajstić information content (AvgIpc) is 3.06. The van der Waals surface area contributed by atoms with Gasteiger partial charge in [-0.05, 0) is 12.5 Å². The van der Waals surface area contributed by atoms with Gasteiger partial charge >= 0.3 is 0 Å². The Kier molecular flexibility index (Phi) is 3.84. The number of rotatable bonds is 5. The molecule has 0 aliphatic carbocycles. The van der Waals surface area contributed by atoms with E-state index in [1.54, 1.807) is 23.1 Å². The van der Waals surface area contributed by atoms with Gasteiger partial charge in [-0.15, -0.1) is 16.7 Å². The second-order valence-electron chi connectivity index (χ2n) is 4.33. The number of hydrogen-bond acceptors (Lipinski definition) is 4. The number of fused-ring (bicyclic) bond motifs is 1. The number of imidazole rings is 1. The van der Waals surface area contributed by atoms with Gasteiger partial charge in [0.1, 0.15) is 11.3 Å². The molecular formula is C12H12Cl2N6. The van der Waals surface area contributed by atoms with E-state index in [1.807, 2.05) is 10.8 Å². The molecule has 6 nitrogen and oxygen atoms in total. The molecule has 3 aromatic rings. The maximum atomic E-state index is 5.95. The van der Waals surface area contributed by atoms with Gasteiger partial charge in [0, 0.05) is 25.5 Å². The van der Waals surface area contributed by atoms with Crippen molar-refractivity contribution in [1.29, 1.82) is 0 Å². The molecule has 104 valence electrons. The monoisotopic (exact) mass is 310 g/mol. The smallest absolute Gasteiger partial charge is 0.160 e. The van der Waals surface area contributed by atoms with Crippen LogP contribution in [0, 0.1) is 0 Å². The predicted octanol–water partition coefficient (Wildman–Crippen LogP) is 2.51. The van der Waals surface area contributed by atoms with E-state index < -0.39 is 0 Å². The Labute approximate surface area is 125 Å². The van der Waals surface area contributed by atoms with Crippen molar-refractivity contribution in [2.24, 2.45) is 0 Å². The minimum absolute atomic E-state index is 0.345. The molecule has 0 saturated carbocycles. The molecule has 0 amide bonds. The van der Waals surface area contributed by atoms with Gasteiger partial charge in [-0.25, -0.2) is 9.97 Å². The third-order valence-corrected chi connectivity index (χ3v) is 3.44. The topological polar surface area (TPSA) is 61.4 Å². The van der Waals surface area contributed by atoms with Crippen molar-refractivity contribution in [3.8, 4) is 0 Å². The summed E-state index contributed by atoms with van der Waals surface area (Å²) in [6.45, 7) is 1.56. The highest BCUT2D eigenvalue weighted by Gasteiger charge is 2.11. The molecule has 0 saturated heterocycles. The summed E-state index contributed by atoms with van der Waals surface area (Å²) in [5, 5.41) is 8.29. The first-order valence-electron chi connectivity index (χ1n) is 6.18. The fraction of sp³-hybridized carbons (Fsp3) is 0.333. The van der Waals surface area contributed by atoms with Crippen molar-refractivity contribution in [3.63, 3.8) is 0 Å². The molecule has 3 aromatic heterocycles. The maximum Gasteiger partial charge on any atom is 0.160 e. The van der Waals surface area contributed by atoms with Crippen LogP contribution in [0.3, 0.4) is 0 Å². The van der Waals surface area contributed by atoms with Crippen molar-refractivity contribution in [2.75, 3.05) is 0 Å². The molecule has 0 aliphatic heterocycles. The van der Waals surface area contributed by atoms with Gasteiger partial charge < -0.3 is 4.57 Å². The summed E-state index contributed by atoms with van der Waals surface area (Å²) in [4.78, 5) is 8.80. The van der Waals surface area contributed by atoms with Gasteiger partial charge in [0.15, 0.2) is 5.65 Å². The summed E-state index contributed by atoms with van der Waals surface area (Å²) in [6.07, 6.45) is 6.02. The Balaban J connectivity index is 1.82. The number of nitrogens with zero attached hydrogens (tertiary/aromatic N) is 6. The van der Waals surface area contributed by atoms with E-state index in [1.165, 1.54) is 0 Å². The van der Waals surface area contributed by atoms with E-state index in [9.17, 15) is 0 Å². The quantitative estimate of drug-likeness (QED) is 0.679. The molecule has 3 rings (SSSR count). The third-order valence-electron chi connectivity index (χ3n) is 2.99. The van der Waals surface area contributed by atoms with Crippen molar-refractivity contribution in [2.45, 2.75) is 25.4 Å². The zero-order valence-electron chi connectivity index (χ0n) is 10.6. The summed E-state index contributed by atoms with van der Waals surface area (Å²) >= 11 is 11.9. The first kappa shape index (κ1) is 13.3. The normalized spacial score (nSPS) is 11.3. The van der Waals surface area contributed by atoms with Crippen LogP contribution >= 0.6 is 23.2 Å². The summed E-state index contributed by atoms with van der Waals surface area (Å²) in [7, 11) is 0. The SMILES string of the molecule is ClCc1nc2cc(Cl)cnc2n1CCCn1ccnn1. The number of alkyl halides is 1. The number of halogens is 2. The van der Waals surface area contributed by atoms with Gasteiger partial charge in [-0.3, -0.25) is 4.68 Å². The van der Waals surface area contributed by atoms with Gasteiger partial charge in [-0.2, -0.15) is 0 Å². The Morgan fingerprint density at radius 3 is 2.90 bits per heavy atom. The first-order valence-corrected chi connectivity index (χ1v) is 7.10. The van der Waals surface area contributed by atoms with E-state index in [4.69, 9.17) is 23.2 Å². The van der Waals surface area contributed by atoms with Crippen LogP contribution in [-0.4, -0.2) is 29.5 Å². The van der Waals surface area contributed by atoms with E-state index >= 15 is 0 Å². The van der Waals surface area contributed by atoms with E-state index in [0.29, 0.717) is 10.9 Å². The minimum atomic E-state index is 0.345. The van der Waals surface area contributed by atoms with Crippen LogP contribution in [0.15, 0.2) is 24.7 Å². The van der Waals surface area contributed by atoms with Gasteiger partial charge in [0.2, 0.25) is 0 Å². The lowest BCUT2D eigenvalue weighted by Gasteiger charge is -2.06. The number of aryl methyl sites for hydroxylation is 2. The molecule has 8 heteroatoms. The van der Waals surface area contributed by atoms with E-state index in [0.717, 1.165) is 36.5 Å². The van der Waals surface area contributed by atoms with Crippen molar-refractivity contribution in [1.82, 2.24) is 29.5 Å². The Morgan fingerprint density at radius 2 is 2.15 bits per heavy atom. The molecule has 20 heavy (non-hydrogen) atoms. The lowest BCUT2D eigenvalue weighted by Crippen LogP contribution is -2.07. The van der Waals surface area contributed by atoms with Crippen molar-refractivity contribution < 1.29 is 0 Å². The molecule has 3 heterocycles. The zero-order chi connectivity index (χ0) is 13.9. The van der Waals surface area contributed by atoms with Crippen molar-refractivity contribution in [3.05, 3.63) is 35.5 Å². The standard InChI is InChI=1S/C12H12Cl2N6/c13-7-11-17-10-6-9(14)8-15-12(10)20(11)4-1-3-19-5-2-16-18-19/h2,5-6,8H,1,3-4,7H2. The Hall–Kier alpha value is -1.66. The molecule has 0 aromatic carbocycles. The van der Waals surface area contributed by atoms with Gasteiger partial charge in [0.05, 0.1) is 17.1 Å². The highest BCUT2D eigenvalue weighted by Crippen LogP contribution is 2.19. The van der Waals surface area contributed by atoms with Gasteiger partial charge in [0.25, 0.3) is 0 Å². The molecule has 0 aliphatic rings. The van der Waals surface area contributed by atoms with Gasteiger partial charge in [-0.1, -0.05) is 16.8 Å². The second-order valence-corrected chi connectivity index (χ2v) is 5.03. The average molecular weight is 311 g/mol. The van der Waals surface area contributed by atoms with Crippen LogP contribution in [0.2, 0.25) is 5.02 Å². The highest BCUT2D eigenvalue weighted by molar-refractivity contribution is 6.31. The first-order chi connectivity index (χ1) is 9.78. The molecular weight excluding hydrogens is 299 g/mol. The number of pyridine rings is 1. The minimum Gasteiger partial charge on any atom is -0.312 e. The van der Waals surface area contributed by atoms with Crippen LogP contribution in [0.4, 0.5) is 0 Å². The summed E-state index contributed by atoms with van der Waals surface area (Å²) in [6, 6.07) is 1.80. The summed E-state index contributed by atoms with van der Waals surface area (Å²) in [5.41, 5.74) is 1.58. The third kappa shape index (κ3) is 2.62. The molecule has 0 spiro atoms. The lowest BCUT2D eigenvalue weighted by molar-refractivity contribution is 0.513. The Bertz CT molecular complexity index is 706. The summed E-state index contributed by atoms with van der Waals surface area (Å²) in [5.74, 6) is 1.15. The van der Waals surface area contributed by atoms with Crippen LogP contribution in [-0.2, 0) is 19.0 Å². The molecule has 0 radical (unpaired) electrons. The van der Waals surface area contributed by atoms with E-state index in [-0.39, 0.29) is 0 Å². The van der Waals surface area contributed by atoms with Crippen LogP contribution in [0.1, 0.15) is 12.2 Å². The summed E-state index contributed by atoms with van der Waals surface area (Å²) < 4.78 is 3.82.